The van der Waals surface area contributed by atoms with Gasteiger partial charge in [0, 0.05) is 18.8 Å². The maximum absolute atomic E-state index is 12.1. The second kappa shape index (κ2) is 7.25. The summed E-state index contributed by atoms with van der Waals surface area (Å²) in [6, 6.07) is 5.67. The number of amides is 2. The van der Waals surface area contributed by atoms with Crippen LogP contribution >= 0.6 is 0 Å². The molecule has 1 rings (SSSR count). The Balaban J connectivity index is 2.84. The summed E-state index contributed by atoms with van der Waals surface area (Å²) in [4.78, 5) is 13.8. The number of sulfonamides is 1. The Labute approximate surface area is 120 Å². The fraction of sp³-hybridized carbons (Fsp3) is 0.462. The van der Waals surface area contributed by atoms with Crippen LogP contribution in [0.4, 0.5) is 10.5 Å². The normalized spacial score (nSPS) is 11.2. The van der Waals surface area contributed by atoms with Crippen LogP contribution < -0.4 is 10.5 Å². The number of nitrogens with one attached hydrogen (secondary N) is 1. The van der Waals surface area contributed by atoms with Crippen LogP contribution in [0.3, 0.4) is 0 Å². The van der Waals surface area contributed by atoms with Crippen LogP contribution in [0.15, 0.2) is 29.2 Å². The molecule has 7 heteroatoms. The number of carbonyl (C=O) groups excluding carboxylic acids is 1. The van der Waals surface area contributed by atoms with Crippen molar-refractivity contribution in [2.45, 2.75) is 31.6 Å². The Hall–Kier alpha value is -1.60. The van der Waals surface area contributed by atoms with Gasteiger partial charge in [0.2, 0.25) is 10.0 Å². The molecule has 0 aliphatic heterocycles. The van der Waals surface area contributed by atoms with Crippen LogP contribution in [0.5, 0.6) is 0 Å². The summed E-state index contributed by atoms with van der Waals surface area (Å²) in [6.45, 7) is 5.32. The molecule has 6 nitrogen and oxygen atoms in total. The van der Waals surface area contributed by atoms with Crippen molar-refractivity contribution in [3.05, 3.63) is 24.3 Å². The predicted molar refractivity (Wildman–Crippen MR) is 79.0 cm³/mol. The second-order valence-corrected chi connectivity index (χ2v) is 6.05. The summed E-state index contributed by atoms with van der Waals surface area (Å²) in [6.07, 6.45) is 1.73. The predicted octanol–water partition coefficient (Wildman–Crippen LogP) is 1.99. The van der Waals surface area contributed by atoms with Gasteiger partial charge < -0.3 is 10.2 Å². The molecule has 0 spiro atoms. The monoisotopic (exact) mass is 299 g/mol. The van der Waals surface area contributed by atoms with Crippen LogP contribution in [-0.4, -0.2) is 32.4 Å². The Bertz CT molecular complexity index is 552. The highest BCUT2D eigenvalue weighted by Gasteiger charge is 2.13. The third-order valence-electron chi connectivity index (χ3n) is 2.69. The first-order chi connectivity index (χ1) is 9.38. The lowest BCUT2D eigenvalue weighted by atomic mass is 10.3. The van der Waals surface area contributed by atoms with Crippen LogP contribution in [0.1, 0.15) is 26.7 Å². The minimum Gasteiger partial charge on any atom is -0.325 e. The molecule has 0 aliphatic rings. The van der Waals surface area contributed by atoms with Gasteiger partial charge in [-0.2, -0.15) is 0 Å². The van der Waals surface area contributed by atoms with Gasteiger partial charge in [0.15, 0.2) is 0 Å². The van der Waals surface area contributed by atoms with Gasteiger partial charge in [-0.15, -0.1) is 0 Å². The van der Waals surface area contributed by atoms with Gasteiger partial charge in [-0.05, 0) is 31.0 Å². The topological polar surface area (TPSA) is 92.5 Å². The Kier molecular flexibility index (Phi) is 5.97. The van der Waals surface area contributed by atoms with Gasteiger partial charge in [-0.3, -0.25) is 0 Å². The lowest BCUT2D eigenvalue weighted by Crippen LogP contribution is -2.36. The van der Waals surface area contributed by atoms with E-state index in [9.17, 15) is 13.2 Å². The number of hydrogen-bond donors (Lipinski definition) is 2. The van der Waals surface area contributed by atoms with E-state index in [4.69, 9.17) is 5.14 Å². The SMILES string of the molecule is CCCN(CCC)C(=O)Nc1cccc(S(N)(=O)=O)c1. The Morgan fingerprint density at radius 1 is 1.25 bits per heavy atom. The van der Waals surface area contributed by atoms with Gasteiger partial charge in [0.05, 0.1) is 4.90 Å². The molecule has 2 amide bonds. The van der Waals surface area contributed by atoms with Crippen LogP contribution in [0, 0.1) is 0 Å². The summed E-state index contributed by atoms with van der Waals surface area (Å²) in [5, 5.41) is 7.75. The number of hydrogen-bond acceptors (Lipinski definition) is 3. The molecule has 0 saturated heterocycles. The second-order valence-electron chi connectivity index (χ2n) is 4.49. The molecule has 0 fully saturated rings. The molecule has 0 atom stereocenters. The standard InChI is InChI=1S/C13H21N3O3S/c1-3-8-16(9-4-2)13(17)15-11-6-5-7-12(10-11)20(14,18)19/h5-7,10H,3-4,8-9H2,1-2H3,(H,15,17)(H2,14,18,19). The van der Waals surface area contributed by atoms with Crippen molar-refractivity contribution < 1.29 is 13.2 Å². The van der Waals surface area contributed by atoms with E-state index < -0.39 is 10.0 Å². The van der Waals surface area contributed by atoms with E-state index in [2.05, 4.69) is 5.32 Å². The van der Waals surface area contributed by atoms with Gasteiger partial charge in [0.25, 0.3) is 0 Å². The quantitative estimate of drug-likeness (QED) is 0.841. The van der Waals surface area contributed by atoms with Gasteiger partial charge in [-0.1, -0.05) is 19.9 Å². The number of carbonyl (C=O) groups is 1. The molecule has 112 valence electrons. The minimum absolute atomic E-state index is 0.0205. The molecule has 1 aromatic rings. The molecule has 0 heterocycles. The number of nitrogens with zero attached hydrogens (tertiary/aromatic N) is 1. The average Bonchev–Trinajstić information content (AvgIpc) is 2.38. The Morgan fingerprint density at radius 3 is 2.35 bits per heavy atom. The largest absolute Gasteiger partial charge is 0.325 e. The average molecular weight is 299 g/mol. The number of benzene rings is 1. The third kappa shape index (κ3) is 4.82. The molecule has 0 aromatic heterocycles. The van der Waals surface area contributed by atoms with E-state index >= 15 is 0 Å². The first kappa shape index (κ1) is 16.5. The molecular weight excluding hydrogens is 278 g/mol. The molecule has 0 radical (unpaired) electrons. The van der Waals surface area contributed by atoms with E-state index in [1.165, 1.54) is 12.1 Å². The number of urea groups is 1. The molecule has 1 aromatic carbocycles. The zero-order valence-electron chi connectivity index (χ0n) is 11.8. The van der Waals surface area contributed by atoms with E-state index in [0.29, 0.717) is 18.8 Å². The van der Waals surface area contributed by atoms with E-state index in [0.717, 1.165) is 12.8 Å². The van der Waals surface area contributed by atoms with Gasteiger partial charge in [-0.25, -0.2) is 18.4 Å². The molecular formula is C13H21N3O3S. The van der Waals surface area contributed by atoms with Crippen LogP contribution in [0.25, 0.3) is 0 Å². The molecule has 3 N–H and O–H groups in total. The van der Waals surface area contributed by atoms with E-state index in [-0.39, 0.29) is 10.9 Å². The molecule has 0 saturated carbocycles. The van der Waals surface area contributed by atoms with Gasteiger partial charge in [0.1, 0.15) is 0 Å². The highest BCUT2D eigenvalue weighted by atomic mass is 32.2. The lowest BCUT2D eigenvalue weighted by molar-refractivity contribution is 0.211. The fourth-order valence-electron chi connectivity index (χ4n) is 1.81. The van der Waals surface area contributed by atoms with Gasteiger partial charge >= 0.3 is 6.03 Å². The maximum atomic E-state index is 12.1. The summed E-state index contributed by atoms with van der Waals surface area (Å²) in [5.41, 5.74) is 0.415. The van der Waals surface area contributed by atoms with Crippen molar-refractivity contribution >= 4 is 21.7 Å². The summed E-state index contributed by atoms with van der Waals surface area (Å²) in [7, 11) is -3.77. The number of primary sulfonamides is 1. The van der Waals surface area contributed by atoms with Crippen molar-refractivity contribution in [2.75, 3.05) is 18.4 Å². The maximum Gasteiger partial charge on any atom is 0.321 e. The number of nitrogens with two attached hydrogens (primary N) is 1. The molecule has 20 heavy (non-hydrogen) atoms. The van der Waals surface area contributed by atoms with Crippen LogP contribution in [-0.2, 0) is 10.0 Å². The van der Waals surface area contributed by atoms with Crippen molar-refractivity contribution in [1.29, 1.82) is 0 Å². The molecule has 0 unspecified atom stereocenters. The Morgan fingerprint density at radius 2 is 1.85 bits per heavy atom. The first-order valence-electron chi connectivity index (χ1n) is 6.57. The lowest BCUT2D eigenvalue weighted by Gasteiger charge is -2.22. The zero-order chi connectivity index (χ0) is 15.2. The summed E-state index contributed by atoms with van der Waals surface area (Å²) < 4.78 is 22.5. The third-order valence-corrected chi connectivity index (χ3v) is 3.60. The van der Waals surface area contributed by atoms with Crippen molar-refractivity contribution in [1.82, 2.24) is 4.90 Å². The first-order valence-corrected chi connectivity index (χ1v) is 8.12. The van der Waals surface area contributed by atoms with E-state index in [1.807, 2.05) is 13.8 Å². The highest BCUT2D eigenvalue weighted by molar-refractivity contribution is 7.89. The molecule has 0 bridgehead atoms. The van der Waals surface area contributed by atoms with Crippen molar-refractivity contribution in [3.63, 3.8) is 0 Å². The highest BCUT2D eigenvalue weighted by Crippen LogP contribution is 2.14. The number of anilines is 1. The van der Waals surface area contributed by atoms with Crippen molar-refractivity contribution in [2.24, 2.45) is 5.14 Å². The smallest absolute Gasteiger partial charge is 0.321 e. The van der Waals surface area contributed by atoms with Crippen LogP contribution in [0.2, 0.25) is 0 Å². The number of rotatable bonds is 6. The van der Waals surface area contributed by atoms with E-state index in [1.54, 1.807) is 17.0 Å². The molecule has 0 aliphatic carbocycles. The zero-order valence-corrected chi connectivity index (χ0v) is 12.6. The summed E-state index contributed by atoms with van der Waals surface area (Å²) >= 11 is 0. The summed E-state index contributed by atoms with van der Waals surface area (Å²) in [5.74, 6) is 0. The minimum atomic E-state index is -3.77. The fourth-order valence-corrected chi connectivity index (χ4v) is 2.37. The van der Waals surface area contributed by atoms with Crippen molar-refractivity contribution in [3.8, 4) is 0 Å².